The van der Waals surface area contributed by atoms with E-state index in [4.69, 9.17) is 11.1 Å². The molecule has 0 saturated heterocycles. The third kappa shape index (κ3) is 5.05. The Kier molecular flexibility index (Phi) is 6.28. The summed E-state index contributed by atoms with van der Waals surface area (Å²) in [5.41, 5.74) is 2.74. The van der Waals surface area contributed by atoms with Crippen molar-refractivity contribution in [3.8, 4) is 0 Å². The van der Waals surface area contributed by atoms with Gasteiger partial charge < -0.3 is 0 Å². The van der Waals surface area contributed by atoms with Crippen molar-refractivity contribution in [3.05, 3.63) is 35.4 Å². The quantitative estimate of drug-likeness (QED) is 0.429. The highest BCUT2D eigenvalue weighted by Crippen LogP contribution is 2.02. The molecule has 11 heavy (non-hydrogen) atoms. The van der Waals surface area contributed by atoms with E-state index < -0.39 is 0 Å². The first kappa shape index (κ1) is 10.7. The van der Waals surface area contributed by atoms with Gasteiger partial charge in [0.15, 0.2) is 8.83 Å². The molecule has 0 bridgehead atoms. The second-order valence-corrected chi connectivity index (χ2v) is 3.79. The molecule has 0 amide bonds. The molecular weight excluding hydrogens is 172 g/mol. The van der Waals surface area contributed by atoms with Crippen LogP contribution in [-0.4, -0.2) is 8.83 Å². The standard InChI is InChI=1S/C8H10.CH3ClSi/c1-7-5-3-4-6-8(7)2;1-3-2/h3-6H,1-2H3;1H3. The van der Waals surface area contributed by atoms with E-state index in [0.717, 1.165) is 0 Å². The molecule has 2 radical (unpaired) electrons. The van der Waals surface area contributed by atoms with Gasteiger partial charge in [-0.05, 0) is 25.0 Å². The Bertz CT molecular complexity index is 178. The molecular formula is C9H13ClSi. The molecule has 0 spiro atoms. The summed E-state index contributed by atoms with van der Waals surface area (Å²) >= 11 is 5.03. The van der Waals surface area contributed by atoms with Gasteiger partial charge in [-0.3, -0.25) is 0 Å². The molecule has 0 saturated carbocycles. The second kappa shape index (κ2) is 6.44. The van der Waals surface area contributed by atoms with Crippen LogP contribution in [0.5, 0.6) is 0 Å². The van der Waals surface area contributed by atoms with E-state index in [1.54, 1.807) is 0 Å². The average molecular weight is 185 g/mol. The molecule has 0 N–H and O–H groups in total. The molecule has 0 aliphatic rings. The summed E-state index contributed by atoms with van der Waals surface area (Å²) in [6, 6.07) is 8.36. The highest BCUT2D eigenvalue weighted by molar-refractivity contribution is 6.92. The summed E-state index contributed by atoms with van der Waals surface area (Å²) < 4.78 is 0. The number of halogens is 1. The second-order valence-electron chi connectivity index (χ2n) is 2.27. The maximum atomic E-state index is 5.03. The van der Waals surface area contributed by atoms with Crippen molar-refractivity contribution < 1.29 is 0 Å². The molecule has 0 atom stereocenters. The lowest BCUT2D eigenvalue weighted by Crippen LogP contribution is -1.74. The molecule has 0 nitrogen and oxygen atoms in total. The van der Waals surface area contributed by atoms with Crippen molar-refractivity contribution in [2.45, 2.75) is 20.4 Å². The Hall–Kier alpha value is -0.273. The van der Waals surface area contributed by atoms with Gasteiger partial charge in [0.05, 0.1) is 0 Å². The van der Waals surface area contributed by atoms with Gasteiger partial charge in [0, 0.05) is 0 Å². The lowest BCUT2D eigenvalue weighted by Gasteiger charge is -1.93. The first-order chi connectivity index (χ1) is 5.22. The molecule has 1 rings (SSSR count). The van der Waals surface area contributed by atoms with Gasteiger partial charge >= 0.3 is 0 Å². The van der Waals surface area contributed by atoms with Crippen LogP contribution in [0.15, 0.2) is 24.3 Å². The molecule has 1 aromatic carbocycles. The first-order valence-electron chi connectivity index (χ1n) is 3.52. The Balaban J connectivity index is 0.000000292. The van der Waals surface area contributed by atoms with Gasteiger partial charge in [-0.2, -0.15) is 11.1 Å². The van der Waals surface area contributed by atoms with Crippen molar-refractivity contribution >= 4 is 19.9 Å². The van der Waals surface area contributed by atoms with Crippen LogP contribution in [0.3, 0.4) is 0 Å². The van der Waals surface area contributed by atoms with E-state index in [1.165, 1.54) is 11.1 Å². The van der Waals surface area contributed by atoms with Crippen LogP contribution in [0.4, 0.5) is 0 Å². The number of hydrogen-bond donors (Lipinski definition) is 0. The van der Waals surface area contributed by atoms with Crippen molar-refractivity contribution in [2.24, 2.45) is 0 Å². The van der Waals surface area contributed by atoms with Crippen molar-refractivity contribution in [1.82, 2.24) is 0 Å². The molecule has 0 fully saturated rings. The van der Waals surface area contributed by atoms with Crippen molar-refractivity contribution in [3.63, 3.8) is 0 Å². The summed E-state index contributed by atoms with van der Waals surface area (Å²) in [6.07, 6.45) is 0. The van der Waals surface area contributed by atoms with Crippen molar-refractivity contribution in [1.29, 1.82) is 0 Å². The van der Waals surface area contributed by atoms with Crippen LogP contribution in [0.2, 0.25) is 6.55 Å². The molecule has 60 valence electrons. The predicted molar refractivity (Wildman–Crippen MR) is 53.4 cm³/mol. The van der Waals surface area contributed by atoms with Gasteiger partial charge in [0.1, 0.15) is 0 Å². The highest BCUT2D eigenvalue weighted by atomic mass is 35.6. The maximum absolute atomic E-state index is 5.03. The number of benzene rings is 1. The predicted octanol–water partition coefficient (Wildman–Crippen LogP) is 3.20. The summed E-state index contributed by atoms with van der Waals surface area (Å²) in [7, 11) is 0.556. The van der Waals surface area contributed by atoms with Gasteiger partial charge in [-0.25, -0.2) is 0 Å². The molecule has 2 heteroatoms. The number of rotatable bonds is 0. The highest BCUT2D eigenvalue weighted by Gasteiger charge is 1.83. The normalized spacial score (nSPS) is 8.36. The molecule has 1 aromatic rings. The molecule has 0 unspecified atom stereocenters. The van der Waals surface area contributed by atoms with Crippen LogP contribution >= 0.6 is 11.1 Å². The average Bonchev–Trinajstić information content (AvgIpc) is 1.97. The lowest BCUT2D eigenvalue weighted by molar-refractivity contribution is 1.34. The zero-order chi connectivity index (χ0) is 8.69. The van der Waals surface area contributed by atoms with E-state index in [9.17, 15) is 0 Å². The summed E-state index contributed by atoms with van der Waals surface area (Å²) in [5.74, 6) is 0. The number of aryl methyl sites for hydroxylation is 2. The Morgan fingerprint density at radius 1 is 1.09 bits per heavy atom. The zero-order valence-electron chi connectivity index (χ0n) is 7.19. The summed E-state index contributed by atoms with van der Waals surface area (Å²) in [6.45, 7) is 6.16. The lowest BCUT2D eigenvalue weighted by atomic mass is 10.1. The third-order valence-corrected chi connectivity index (χ3v) is 1.43. The minimum absolute atomic E-state index is 0.556. The number of hydrogen-bond acceptors (Lipinski definition) is 0. The Morgan fingerprint density at radius 3 is 1.55 bits per heavy atom. The smallest absolute Gasteiger partial charge is 0.168 e. The molecule has 0 aliphatic carbocycles. The van der Waals surface area contributed by atoms with E-state index in [-0.39, 0.29) is 0 Å². The molecule has 0 aromatic heterocycles. The minimum Gasteiger partial charge on any atom is -0.172 e. The van der Waals surface area contributed by atoms with Crippen LogP contribution < -0.4 is 0 Å². The third-order valence-electron chi connectivity index (χ3n) is 1.43. The monoisotopic (exact) mass is 184 g/mol. The van der Waals surface area contributed by atoms with Gasteiger partial charge in [-0.15, -0.1) is 0 Å². The minimum atomic E-state index is 0.556. The van der Waals surface area contributed by atoms with Crippen LogP contribution in [0, 0.1) is 13.8 Å². The van der Waals surface area contributed by atoms with Crippen LogP contribution in [-0.2, 0) is 0 Å². The van der Waals surface area contributed by atoms with Crippen LogP contribution in [0.25, 0.3) is 0 Å². The fraction of sp³-hybridized carbons (Fsp3) is 0.333. The van der Waals surface area contributed by atoms with Crippen molar-refractivity contribution in [2.75, 3.05) is 0 Å². The van der Waals surface area contributed by atoms with Gasteiger partial charge in [0.2, 0.25) is 0 Å². The maximum Gasteiger partial charge on any atom is 0.168 e. The Morgan fingerprint density at radius 2 is 1.36 bits per heavy atom. The topological polar surface area (TPSA) is 0 Å². The van der Waals surface area contributed by atoms with Crippen LogP contribution in [0.1, 0.15) is 11.1 Å². The fourth-order valence-electron chi connectivity index (χ4n) is 0.663. The van der Waals surface area contributed by atoms with E-state index in [1.807, 2.05) is 6.55 Å². The molecule has 0 aliphatic heterocycles. The largest absolute Gasteiger partial charge is 0.172 e. The van der Waals surface area contributed by atoms with E-state index >= 15 is 0 Å². The first-order valence-corrected chi connectivity index (χ1v) is 6.03. The fourth-order valence-corrected chi connectivity index (χ4v) is 0.663. The van der Waals surface area contributed by atoms with E-state index in [2.05, 4.69) is 38.1 Å². The summed E-state index contributed by atoms with van der Waals surface area (Å²) in [5, 5.41) is 0. The van der Waals surface area contributed by atoms with Gasteiger partial charge in [0.25, 0.3) is 0 Å². The Labute approximate surface area is 76.1 Å². The molecule has 0 heterocycles. The summed E-state index contributed by atoms with van der Waals surface area (Å²) in [4.78, 5) is 0. The zero-order valence-corrected chi connectivity index (χ0v) is 8.94. The van der Waals surface area contributed by atoms with E-state index in [0.29, 0.717) is 8.83 Å². The van der Waals surface area contributed by atoms with Gasteiger partial charge in [-0.1, -0.05) is 30.8 Å². The SMILES string of the molecule is C[Si]Cl.Cc1ccccc1C.